The number of hydrogen-bond acceptors (Lipinski definition) is 0. The van der Waals surface area contributed by atoms with Crippen LogP contribution >= 0.6 is 0 Å². The highest BCUT2D eigenvalue weighted by Crippen LogP contribution is 2.35. The van der Waals surface area contributed by atoms with Crippen molar-refractivity contribution >= 4 is 0 Å². The van der Waals surface area contributed by atoms with Gasteiger partial charge >= 0.3 is 0 Å². The molecule has 5 nitrogen and oxygen atoms in total. The van der Waals surface area contributed by atoms with E-state index in [0.29, 0.717) is 39.1 Å². The van der Waals surface area contributed by atoms with Gasteiger partial charge in [0.2, 0.25) is 28.5 Å². The number of pyridine rings is 5. The van der Waals surface area contributed by atoms with E-state index < -0.39 is 103 Å². The molecule has 0 N–H and O–H groups in total. The fourth-order valence-corrected chi connectivity index (χ4v) is 12.7. The molecule has 10 aromatic rings. The van der Waals surface area contributed by atoms with Crippen molar-refractivity contribution in [1.82, 2.24) is 0 Å². The smallest absolute Gasteiger partial charge is 0.201 e. The van der Waals surface area contributed by atoms with Crippen LogP contribution in [0, 0.1) is 100 Å². The van der Waals surface area contributed by atoms with E-state index in [2.05, 4.69) is 19.1 Å². The Hall–Kier alpha value is -8.15. The molecule has 0 unspecified atom stereocenters. The summed E-state index contributed by atoms with van der Waals surface area (Å²) in [6, 6.07) is 45.4. The first-order chi connectivity index (χ1) is 59.2. The van der Waals surface area contributed by atoms with Gasteiger partial charge in [0.05, 0.1) is 0 Å². The summed E-state index contributed by atoms with van der Waals surface area (Å²) in [5.74, 6) is 0. The fourth-order valence-electron chi connectivity index (χ4n) is 12.7. The van der Waals surface area contributed by atoms with Gasteiger partial charge in [-0.05, 0) is 231 Å². The second kappa shape index (κ2) is 36.8. The van der Waals surface area contributed by atoms with Crippen LogP contribution in [-0.4, -0.2) is 0 Å². The fraction of sp³-hybridized carbons (Fsp3) is 0.471. The maximum atomic E-state index is 8.96. The monoisotopic (exact) mass is 1490 g/mol. The molecule has 584 valence electrons. The number of aryl methyl sites for hydroxylation is 14. The Bertz CT molecular complexity index is 5780. The Morgan fingerprint density at radius 3 is 0.881 bits per heavy atom. The molecular formula is C104H148N5+5. The van der Waals surface area contributed by atoms with Gasteiger partial charge in [-0.1, -0.05) is 235 Å². The topological polar surface area (TPSA) is 19.4 Å². The summed E-state index contributed by atoms with van der Waals surface area (Å²) in [6.45, 7) is 44.0. The molecule has 0 saturated carbocycles. The van der Waals surface area contributed by atoms with Crippen LogP contribution in [0.4, 0.5) is 0 Å². The molecule has 109 heavy (non-hydrogen) atoms. The summed E-state index contributed by atoms with van der Waals surface area (Å²) in [6.07, 6.45) is -2.79. The Balaban J connectivity index is 0.000000255. The summed E-state index contributed by atoms with van der Waals surface area (Å²) >= 11 is 0. The van der Waals surface area contributed by atoms with Crippen molar-refractivity contribution in [2.45, 2.75) is 252 Å². The molecule has 10 rings (SSSR count). The van der Waals surface area contributed by atoms with E-state index in [9.17, 15) is 0 Å². The zero-order valence-electron chi connectivity index (χ0n) is 95.5. The molecule has 5 heteroatoms. The highest BCUT2D eigenvalue weighted by molar-refractivity contribution is 5.66. The summed E-state index contributed by atoms with van der Waals surface area (Å²) in [7, 11) is 9.41. The Morgan fingerprint density at radius 1 is 0.248 bits per heavy atom. The molecule has 0 spiro atoms. The van der Waals surface area contributed by atoms with E-state index in [1.807, 2.05) is 305 Å². The third kappa shape index (κ3) is 28.6. The molecule has 0 bridgehead atoms. The van der Waals surface area contributed by atoms with Gasteiger partial charge in [0.25, 0.3) is 0 Å². The van der Waals surface area contributed by atoms with E-state index >= 15 is 0 Å². The third-order valence-electron chi connectivity index (χ3n) is 17.3. The molecular weight excluding hydrogens is 1320 g/mol. The number of aromatic nitrogens is 5. The zero-order chi connectivity index (χ0) is 102. The van der Waals surface area contributed by atoms with Crippen LogP contribution in [-0.2, 0) is 79.8 Å². The van der Waals surface area contributed by atoms with Crippen LogP contribution in [0.25, 0.3) is 56.3 Å². The highest BCUT2D eigenvalue weighted by atomic mass is 14.9. The summed E-state index contributed by atoms with van der Waals surface area (Å²) in [5.41, 5.74) is 14.3. The predicted molar refractivity (Wildman–Crippen MR) is 470 cm³/mol. The third-order valence-corrected chi connectivity index (χ3v) is 17.3. The minimum absolute atomic E-state index is 0.0623. The van der Waals surface area contributed by atoms with Gasteiger partial charge in [0.1, 0.15) is 35.2 Å². The molecule has 5 aromatic heterocycles. The standard InChI is InChI=1S/C24H36N.C23H34N.C20H28N.C19H26N.C18H24N/c1-17-10-11-21(18(2)12-17)22-13-19(14-23(3,4)5)20(16-25(22)9)15-24(6,7)8;1-17-11-9-10-12-20(17)21-13-18(14-22(2,3)4)19(16-24(21)8)15-23(5,6)7;1-14-8-9-18(16(3)10-14)19-11-15(2)17(13-21(19)7)12-20(4,5)6;1-14-9-7-8-10-17(14)18-11-16(12-19(3,4)5)15(2)13-20(18)6;1-14-8-6-7-9-16(14)17-12-15(10-11-19(17)5)13-18(2,3)4/h10-13,16H,14-15H2,1-9H3;9-13,16H,14-15H2,1-8H3;8-11,13H,12H2,1-7H3;7-11,13H,12H2,1-6H3;6-12H,13H2,1-5H3/q5*+1/i1D3,14D2,15D2;14D2,15D2;1D3,12D2;2D3,12D2;13D2. The van der Waals surface area contributed by atoms with Crippen molar-refractivity contribution < 1.29 is 54.4 Å². The maximum Gasteiger partial charge on any atom is 0.212 e. The quantitative estimate of drug-likeness (QED) is 0.109. The van der Waals surface area contributed by atoms with Crippen LogP contribution in [0.15, 0.2) is 177 Å². The number of rotatable bonds is 12. The van der Waals surface area contributed by atoms with Crippen LogP contribution in [0.1, 0.15) is 266 Å². The highest BCUT2D eigenvalue weighted by Gasteiger charge is 2.28. The molecule has 0 amide bonds. The largest absolute Gasteiger partial charge is 0.212 e. The van der Waals surface area contributed by atoms with Crippen molar-refractivity contribution in [3.63, 3.8) is 0 Å². The van der Waals surface area contributed by atoms with Gasteiger partial charge in [-0.3, -0.25) is 0 Å². The van der Waals surface area contributed by atoms with Crippen molar-refractivity contribution in [3.8, 4) is 56.3 Å². The number of benzene rings is 5. The number of nitrogens with zero attached hydrogens (tertiary/aromatic N) is 5. The van der Waals surface area contributed by atoms with E-state index in [1.54, 1.807) is 98.0 Å². The Morgan fingerprint density at radius 2 is 0.541 bits per heavy atom. The van der Waals surface area contributed by atoms with Gasteiger partial charge in [0, 0.05) is 118 Å². The molecule has 0 radical (unpaired) electrons. The van der Waals surface area contributed by atoms with Crippen LogP contribution in [0.3, 0.4) is 0 Å². The summed E-state index contributed by atoms with van der Waals surface area (Å²) in [5, 5.41) is 0. The second-order valence-electron chi connectivity index (χ2n) is 36.7. The first kappa shape index (κ1) is 60.6. The van der Waals surface area contributed by atoms with Gasteiger partial charge in [-0.2, -0.15) is 0 Å². The first-order valence-electron chi connectivity index (χ1n) is 49.8. The lowest BCUT2D eigenvalue weighted by Gasteiger charge is -2.24. The molecule has 5 heterocycles. The lowest BCUT2D eigenvalue weighted by Crippen LogP contribution is -2.33. The average Bonchev–Trinajstić information content (AvgIpc) is 0.731. The lowest BCUT2D eigenvalue weighted by atomic mass is 9.81. The SMILES string of the molecule is [2H]C([2H])([2H])c1c[n+](C)c(-c2ccccc2C)cc1C([2H])([2H])C(C)(C)C.[2H]C([2H])([2H])c1ccc(-c2cc(C([2H])([2H])C(C)(C)C)c(C([2H])([2H])C(C)(C)C)c[n+]2C)c(C)c1.[2H]C([2H])([2H])c1ccc(-c2cc(C)c(C([2H])([2H])C(C)(C)C)c[n+]2C)c(C)c1.[2H]C([2H])(c1cc(-c2ccccc2C)[n+](C)cc1C([2H])([2H])C(C)(C)C)C(C)(C)C.[2H]C([2H])(c1cc[n+](C)c(-c2ccccc2C)c1)C(C)(C)C. The van der Waals surface area contributed by atoms with Crippen molar-refractivity contribution in [2.24, 2.45) is 73.1 Å². The van der Waals surface area contributed by atoms with Crippen molar-refractivity contribution in [3.05, 3.63) is 266 Å². The van der Waals surface area contributed by atoms with Crippen molar-refractivity contribution in [2.75, 3.05) is 0 Å². The maximum absolute atomic E-state index is 8.96. The predicted octanol–water partition coefficient (Wildman–Crippen LogP) is 24.8. The molecule has 5 aromatic carbocycles. The first-order valence-corrected chi connectivity index (χ1v) is 38.3. The normalized spacial score (nSPS) is 16.5. The van der Waals surface area contributed by atoms with E-state index in [4.69, 9.17) is 31.5 Å². The molecule has 0 fully saturated rings. The molecule has 0 aliphatic carbocycles. The number of hydrogen-bond donors (Lipinski definition) is 0. The van der Waals surface area contributed by atoms with E-state index in [-0.39, 0.29) is 16.7 Å². The second-order valence-corrected chi connectivity index (χ2v) is 36.7. The minimum atomic E-state index is -2.38. The van der Waals surface area contributed by atoms with Gasteiger partial charge in [-0.15, -0.1) is 0 Å². The lowest BCUT2D eigenvalue weighted by molar-refractivity contribution is -0.661. The van der Waals surface area contributed by atoms with Gasteiger partial charge in [-0.25, -0.2) is 22.8 Å². The summed E-state index contributed by atoms with van der Waals surface area (Å²) in [4.78, 5) is 0. The molecule has 0 saturated heterocycles. The molecule has 0 aliphatic heterocycles. The van der Waals surface area contributed by atoms with Crippen LogP contribution in [0.5, 0.6) is 0 Å². The zero-order valence-corrected chi connectivity index (χ0v) is 72.5. The molecule has 0 atom stereocenters. The minimum Gasteiger partial charge on any atom is -0.201 e. The van der Waals surface area contributed by atoms with Gasteiger partial charge < -0.3 is 0 Å². The molecule has 0 aliphatic rings. The van der Waals surface area contributed by atoms with Crippen LogP contribution in [0.2, 0.25) is 0 Å². The Kier molecular flexibility index (Phi) is 20.4. The van der Waals surface area contributed by atoms with Gasteiger partial charge in [0.15, 0.2) is 31.0 Å². The van der Waals surface area contributed by atoms with Crippen LogP contribution < -0.4 is 22.8 Å². The summed E-state index contributed by atoms with van der Waals surface area (Å²) < 4.78 is 201. The van der Waals surface area contributed by atoms with E-state index in [0.717, 1.165) is 84.0 Å². The van der Waals surface area contributed by atoms with Crippen molar-refractivity contribution in [1.29, 1.82) is 0 Å². The van der Waals surface area contributed by atoms with E-state index in [1.165, 1.54) is 5.56 Å². The Labute approximate surface area is 698 Å². The average molecular weight is 1490 g/mol.